The molecule has 0 aromatic carbocycles. The lowest BCUT2D eigenvalue weighted by Crippen LogP contribution is -2.16. The normalized spacial score (nSPS) is 23.2. The maximum atomic E-state index is 5.38. The summed E-state index contributed by atoms with van der Waals surface area (Å²) >= 11 is 1.82. The minimum absolute atomic E-state index is 0.420. The van der Waals surface area contributed by atoms with E-state index >= 15 is 0 Å². The van der Waals surface area contributed by atoms with E-state index in [9.17, 15) is 0 Å². The average molecular weight is 226 g/mol. The van der Waals surface area contributed by atoms with Crippen molar-refractivity contribution < 1.29 is 4.74 Å². The van der Waals surface area contributed by atoms with Gasteiger partial charge in [0.25, 0.3) is 0 Å². The molecule has 0 amide bonds. The molecule has 84 valence electrons. The lowest BCUT2D eigenvalue weighted by Gasteiger charge is -2.08. The molecule has 2 rings (SSSR count). The zero-order valence-electron chi connectivity index (χ0n) is 9.32. The fourth-order valence-corrected chi connectivity index (χ4v) is 2.89. The van der Waals surface area contributed by atoms with Gasteiger partial charge >= 0.3 is 0 Å². The maximum Gasteiger partial charge on any atom is 0.0983 e. The Kier molecular flexibility index (Phi) is 3.72. The number of thiazole rings is 1. The van der Waals surface area contributed by atoms with Crippen molar-refractivity contribution in [1.82, 2.24) is 10.3 Å². The van der Waals surface area contributed by atoms with Crippen LogP contribution in [-0.4, -0.2) is 24.7 Å². The van der Waals surface area contributed by atoms with E-state index in [2.05, 4.69) is 24.1 Å². The van der Waals surface area contributed by atoms with Crippen LogP contribution in [0, 0.1) is 0 Å². The standard InChI is InChI=1S/C11H18N2OS/c1-3-12-8(2)10-6-13-11(15-10)9-4-5-14-7-9/h6,8-9,12H,3-5,7H2,1-2H3. The van der Waals surface area contributed by atoms with Crippen LogP contribution in [0.3, 0.4) is 0 Å². The quantitative estimate of drug-likeness (QED) is 0.855. The number of ether oxygens (including phenoxy) is 1. The van der Waals surface area contributed by atoms with Gasteiger partial charge in [-0.05, 0) is 19.9 Å². The van der Waals surface area contributed by atoms with Crippen LogP contribution in [0.1, 0.15) is 42.1 Å². The topological polar surface area (TPSA) is 34.2 Å². The van der Waals surface area contributed by atoms with Gasteiger partial charge in [-0.2, -0.15) is 0 Å². The van der Waals surface area contributed by atoms with Crippen LogP contribution < -0.4 is 5.32 Å². The molecule has 4 heteroatoms. The van der Waals surface area contributed by atoms with Crippen LogP contribution in [0.25, 0.3) is 0 Å². The molecule has 1 aliphatic heterocycles. The van der Waals surface area contributed by atoms with E-state index in [-0.39, 0.29) is 0 Å². The smallest absolute Gasteiger partial charge is 0.0983 e. The first-order valence-corrected chi connectivity index (χ1v) is 6.39. The molecule has 0 spiro atoms. The lowest BCUT2D eigenvalue weighted by molar-refractivity contribution is 0.194. The Bertz CT molecular complexity index is 307. The van der Waals surface area contributed by atoms with Gasteiger partial charge in [-0.15, -0.1) is 11.3 Å². The zero-order chi connectivity index (χ0) is 10.7. The second-order valence-corrected chi connectivity index (χ2v) is 5.03. The first kappa shape index (κ1) is 11.0. The van der Waals surface area contributed by atoms with Gasteiger partial charge in [-0.25, -0.2) is 4.98 Å². The Balaban J connectivity index is 2.02. The summed E-state index contributed by atoms with van der Waals surface area (Å²) in [4.78, 5) is 5.83. The molecule has 2 unspecified atom stereocenters. The van der Waals surface area contributed by atoms with Crippen LogP contribution >= 0.6 is 11.3 Å². The molecule has 1 N–H and O–H groups in total. The van der Waals surface area contributed by atoms with Gasteiger partial charge < -0.3 is 10.1 Å². The van der Waals surface area contributed by atoms with Crippen LogP contribution in [0.15, 0.2) is 6.20 Å². The number of rotatable bonds is 4. The molecule has 1 fully saturated rings. The molecule has 0 bridgehead atoms. The van der Waals surface area contributed by atoms with Gasteiger partial charge in [0.15, 0.2) is 0 Å². The van der Waals surface area contributed by atoms with Gasteiger partial charge in [0.2, 0.25) is 0 Å². The van der Waals surface area contributed by atoms with Crippen LogP contribution in [0.5, 0.6) is 0 Å². The summed E-state index contributed by atoms with van der Waals surface area (Å²) in [5.74, 6) is 0.539. The zero-order valence-corrected chi connectivity index (χ0v) is 10.1. The van der Waals surface area contributed by atoms with E-state index in [1.165, 1.54) is 9.88 Å². The van der Waals surface area contributed by atoms with Crippen LogP contribution in [0.2, 0.25) is 0 Å². The summed E-state index contributed by atoms with van der Waals surface area (Å²) in [7, 11) is 0. The number of nitrogens with one attached hydrogen (secondary N) is 1. The van der Waals surface area contributed by atoms with E-state index in [0.717, 1.165) is 26.2 Å². The summed E-state index contributed by atoms with van der Waals surface area (Å²) in [6, 6.07) is 0.420. The molecular formula is C11H18N2OS. The highest BCUT2D eigenvalue weighted by Gasteiger charge is 2.21. The molecule has 1 aromatic heterocycles. The molecule has 3 nitrogen and oxygen atoms in total. The third kappa shape index (κ3) is 2.56. The monoisotopic (exact) mass is 226 g/mol. The molecule has 0 saturated carbocycles. The van der Waals surface area contributed by atoms with Crippen molar-refractivity contribution in [2.24, 2.45) is 0 Å². The van der Waals surface area contributed by atoms with Crippen molar-refractivity contribution in [2.45, 2.75) is 32.2 Å². The molecule has 0 radical (unpaired) electrons. The highest BCUT2D eigenvalue weighted by Crippen LogP contribution is 2.30. The number of hydrogen-bond donors (Lipinski definition) is 1. The summed E-state index contributed by atoms with van der Waals surface area (Å²) in [6.45, 7) is 7.06. The molecule has 15 heavy (non-hydrogen) atoms. The summed E-state index contributed by atoms with van der Waals surface area (Å²) < 4.78 is 5.38. The fourth-order valence-electron chi connectivity index (χ4n) is 1.83. The van der Waals surface area contributed by atoms with Crippen molar-refractivity contribution in [3.8, 4) is 0 Å². The Morgan fingerprint density at radius 2 is 2.60 bits per heavy atom. The summed E-state index contributed by atoms with van der Waals surface area (Å²) in [5.41, 5.74) is 0. The molecule has 1 saturated heterocycles. The van der Waals surface area contributed by atoms with Gasteiger partial charge in [-0.3, -0.25) is 0 Å². The van der Waals surface area contributed by atoms with Gasteiger partial charge in [0.1, 0.15) is 0 Å². The Morgan fingerprint density at radius 3 is 3.27 bits per heavy atom. The van der Waals surface area contributed by atoms with Crippen LogP contribution in [0.4, 0.5) is 0 Å². The van der Waals surface area contributed by atoms with E-state index in [0.29, 0.717) is 12.0 Å². The molecule has 1 aromatic rings. The van der Waals surface area contributed by atoms with Crippen molar-refractivity contribution in [3.05, 3.63) is 16.1 Å². The third-order valence-corrected chi connectivity index (χ3v) is 4.10. The average Bonchev–Trinajstić information content (AvgIpc) is 2.89. The van der Waals surface area contributed by atoms with Crippen molar-refractivity contribution in [1.29, 1.82) is 0 Å². The van der Waals surface area contributed by atoms with Crippen molar-refractivity contribution in [3.63, 3.8) is 0 Å². The summed E-state index contributed by atoms with van der Waals surface area (Å²) in [5, 5.41) is 4.65. The minimum atomic E-state index is 0.420. The Morgan fingerprint density at radius 1 is 1.73 bits per heavy atom. The number of aromatic nitrogens is 1. The first-order valence-electron chi connectivity index (χ1n) is 5.58. The highest BCUT2D eigenvalue weighted by molar-refractivity contribution is 7.11. The van der Waals surface area contributed by atoms with Gasteiger partial charge in [0, 0.05) is 29.6 Å². The fraction of sp³-hybridized carbons (Fsp3) is 0.727. The first-order chi connectivity index (χ1) is 7.31. The van der Waals surface area contributed by atoms with E-state index in [1.54, 1.807) is 0 Å². The van der Waals surface area contributed by atoms with E-state index in [1.807, 2.05) is 17.5 Å². The molecular weight excluding hydrogens is 208 g/mol. The van der Waals surface area contributed by atoms with Crippen molar-refractivity contribution in [2.75, 3.05) is 19.8 Å². The second-order valence-electron chi connectivity index (χ2n) is 3.94. The Labute approximate surface area is 94.9 Å². The van der Waals surface area contributed by atoms with Gasteiger partial charge in [0.05, 0.1) is 11.6 Å². The largest absolute Gasteiger partial charge is 0.381 e. The molecule has 1 aliphatic rings. The maximum absolute atomic E-state index is 5.38. The molecule has 2 heterocycles. The van der Waals surface area contributed by atoms with Gasteiger partial charge in [-0.1, -0.05) is 6.92 Å². The summed E-state index contributed by atoms with van der Waals surface area (Å²) in [6.07, 6.45) is 3.13. The number of hydrogen-bond acceptors (Lipinski definition) is 4. The van der Waals surface area contributed by atoms with E-state index < -0.39 is 0 Å². The number of nitrogens with zero attached hydrogens (tertiary/aromatic N) is 1. The van der Waals surface area contributed by atoms with E-state index in [4.69, 9.17) is 4.74 Å². The van der Waals surface area contributed by atoms with Crippen LogP contribution in [-0.2, 0) is 4.74 Å². The highest BCUT2D eigenvalue weighted by atomic mass is 32.1. The molecule has 2 atom stereocenters. The van der Waals surface area contributed by atoms with Crippen molar-refractivity contribution >= 4 is 11.3 Å². The predicted octanol–water partition coefficient (Wildman–Crippen LogP) is 2.32. The molecule has 0 aliphatic carbocycles. The second kappa shape index (κ2) is 5.05. The predicted molar refractivity (Wildman–Crippen MR) is 62.4 cm³/mol. The lowest BCUT2D eigenvalue weighted by atomic mass is 10.1. The third-order valence-electron chi connectivity index (χ3n) is 2.76. The SMILES string of the molecule is CCNC(C)c1cnc(C2CCOC2)s1. The Hall–Kier alpha value is -0.450. The minimum Gasteiger partial charge on any atom is -0.381 e.